The van der Waals surface area contributed by atoms with E-state index in [4.69, 9.17) is 29.1 Å². The fraction of sp³-hybridized carbons (Fsp3) is 1.00. The highest BCUT2D eigenvalue weighted by atomic mass is 16.6. The summed E-state index contributed by atoms with van der Waals surface area (Å²) in [5.74, 6) is 0. The molecule has 0 aromatic rings. The number of hydrogen-bond acceptors (Lipinski definition) is 6. The van der Waals surface area contributed by atoms with E-state index in [0.717, 1.165) is 59.9 Å². The summed E-state index contributed by atoms with van der Waals surface area (Å²) >= 11 is 0. The molecule has 0 unspecified atom stereocenters. The third kappa shape index (κ3) is 25.5. The predicted molar refractivity (Wildman–Crippen MR) is 102 cm³/mol. The Kier molecular flexibility index (Phi) is 21.6. The van der Waals surface area contributed by atoms with Gasteiger partial charge in [0, 0.05) is 57.8 Å². The van der Waals surface area contributed by atoms with Crippen LogP contribution in [0.15, 0.2) is 0 Å². The minimum absolute atomic E-state index is 0.500. The molecule has 0 aromatic carbocycles. The van der Waals surface area contributed by atoms with Crippen molar-refractivity contribution < 1.29 is 23.9 Å². The van der Waals surface area contributed by atoms with E-state index in [9.17, 15) is 0 Å². The van der Waals surface area contributed by atoms with E-state index >= 15 is 0 Å². The van der Waals surface area contributed by atoms with Crippen molar-refractivity contribution >= 4 is 0 Å². The number of rotatable bonds is 0. The van der Waals surface area contributed by atoms with Gasteiger partial charge in [0.15, 0.2) is 7.05 Å². The predicted octanol–water partition coefficient (Wildman–Crippen LogP) is 3.86. The third-order valence-electron chi connectivity index (χ3n) is 3.81. The number of hydrogen-bond donors (Lipinski definition) is 0. The van der Waals surface area contributed by atoms with Crippen LogP contribution in [0.25, 0.3) is 0 Å². The maximum atomic E-state index is 8.81. The maximum Gasteiger partial charge on any atom is 0.194 e. The van der Waals surface area contributed by atoms with E-state index in [0.29, 0.717) is 0 Å². The summed E-state index contributed by atoms with van der Waals surface area (Å²) in [6.07, 6.45) is 13.0. The molecule has 4 aliphatic heterocycles. The number of nitro groups is 1. The van der Waals surface area contributed by atoms with Crippen LogP contribution in [-0.4, -0.2) is 64.8 Å². The molecule has 0 aromatic heterocycles. The number of ether oxygens (including phenoxy) is 4. The molecule has 0 amide bonds. The lowest BCUT2D eigenvalue weighted by Crippen LogP contribution is -2.03. The van der Waals surface area contributed by atoms with Crippen LogP contribution in [0.1, 0.15) is 64.2 Å². The first-order valence-electron chi connectivity index (χ1n) is 10.1. The fourth-order valence-electron chi connectivity index (χ4n) is 2.39. The highest BCUT2D eigenvalue weighted by Crippen LogP contribution is 2.02. The van der Waals surface area contributed by atoms with Crippen LogP contribution < -0.4 is 0 Å². The van der Waals surface area contributed by atoms with E-state index in [1.165, 1.54) is 64.2 Å². The van der Waals surface area contributed by atoms with Crippen molar-refractivity contribution in [3.05, 3.63) is 10.1 Å². The van der Waals surface area contributed by atoms with Gasteiger partial charge in [0.05, 0.1) is 0 Å². The van der Waals surface area contributed by atoms with Gasteiger partial charge in [-0.25, -0.2) is 0 Å². The second-order valence-corrected chi connectivity index (χ2v) is 6.42. The monoisotopic (exact) mass is 377 g/mol. The van der Waals surface area contributed by atoms with Gasteiger partial charge < -0.3 is 18.9 Å². The van der Waals surface area contributed by atoms with Gasteiger partial charge in [-0.05, 0) is 64.2 Å². The van der Waals surface area contributed by atoms with Gasteiger partial charge in [-0.2, -0.15) is 0 Å². The highest BCUT2D eigenvalue weighted by molar-refractivity contribution is 4.46. The van der Waals surface area contributed by atoms with Crippen LogP contribution >= 0.6 is 0 Å². The summed E-state index contributed by atoms with van der Waals surface area (Å²) in [5, 5.41) is 8.81. The van der Waals surface area contributed by atoms with Crippen LogP contribution in [0.4, 0.5) is 0 Å². The molecular weight excluding hydrogens is 338 g/mol. The van der Waals surface area contributed by atoms with Gasteiger partial charge in [0.2, 0.25) is 0 Å². The lowest BCUT2D eigenvalue weighted by molar-refractivity contribution is -0.445. The van der Waals surface area contributed by atoms with Crippen molar-refractivity contribution in [2.75, 3.05) is 59.9 Å². The Morgan fingerprint density at radius 2 is 0.654 bits per heavy atom. The molecular formula is C19H39NO6. The highest BCUT2D eigenvalue weighted by Gasteiger charge is 1.96. The smallest absolute Gasteiger partial charge is 0.194 e. The fourth-order valence-corrected chi connectivity index (χ4v) is 2.39. The topological polar surface area (TPSA) is 80.1 Å². The van der Waals surface area contributed by atoms with Crippen LogP contribution in [0.3, 0.4) is 0 Å². The van der Waals surface area contributed by atoms with Crippen molar-refractivity contribution in [2.24, 2.45) is 0 Å². The summed E-state index contributed by atoms with van der Waals surface area (Å²) < 4.78 is 20.0. The quantitative estimate of drug-likeness (QED) is 0.471. The molecule has 0 spiro atoms. The van der Waals surface area contributed by atoms with Crippen LogP contribution in [0, 0.1) is 10.1 Å². The Balaban J connectivity index is 0.000000303. The Morgan fingerprint density at radius 1 is 0.500 bits per heavy atom. The molecule has 0 aliphatic carbocycles. The average molecular weight is 378 g/mol. The van der Waals surface area contributed by atoms with Crippen molar-refractivity contribution in [3.63, 3.8) is 0 Å². The normalized spacial score (nSPS) is 21.3. The van der Waals surface area contributed by atoms with E-state index in [1.54, 1.807) is 0 Å². The van der Waals surface area contributed by atoms with Crippen LogP contribution in [-0.2, 0) is 18.9 Å². The van der Waals surface area contributed by atoms with E-state index in [-0.39, 0.29) is 0 Å². The van der Waals surface area contributed by atoms with Gasteiger partial charge in [0.25, 0.3) is 0 Å². The Hall–Kier alpha value is -0.760. The van der Waals surface area contributed by atoms with Gasteiger partial charge in [-0.3, -0.25) is 10.1 Å². The molecule has 0 radical (unpaired) electrons. The van der Waals surface area contributed by atoms with Gasteiger partial charge in [0.1, 0.15) is 0 Å². The van der Waals surface area contributed by atoms with E-state index in [1.807, 2.05) is 0 Å². The summed E-state index contributed by atoms with van der Waals surface area (Å²) in [5.41, 5.74) is 0. The second-order valence-electron chi connectivity index (χ2n) is 6.42. The standard InChI is InChI=1S/2C5H10O.2C4H8O.CH3NO2/c2*1-2-4-6-5-3-1;2*1-2-4-5-3-1;1-2(3)4/h2*1-5H2;2*1-4H2;1H3. The zero-order chi connectivity index (χ0) is 19.1. The molecule has 26 heavy (non-hydrogen) atoms. The molecule has 0 saturated carbocycles. The first-order chi connectivity index (χ1) is 12.7. The molecule has 4 heterocycles. The lowest BCUT2D eigenvalue weighted by atomic mass is 10.2. The summed E-state index contributed by atoms with van der Waals surface area (Å²) in [6, 6.07) is 0. The minimum atomic E-state index is -0.500. The van der Waals surface area contributed by atoms with Gasteiger partial charge >= 0.3 is 0 Å². The van der Waals surface area contributed by atoms with Gasteiger partial charge in [-0.15, -0.1) is 0 Å². The molecule has 0 bridgehead atoms. The SMILES string of the molecule is C1CCOC1.C1CCOC1.C1CCOCC1.C1CCOCC1.C[N+](=O)[O-]. The minimum Gasteiger partial charge on any atom is -0.381 e. The first kappa shape index (κ1) is 25.2. The number of nitrogens with zero attached hydrogens (tertiary/aromatic N) is 1. The van der Waals surface area contributed by atoms with Crippen LogP contribution in [0.2, 0.25) is 0 Å². The molecule has 0 atom stereocenters. The second kappa shape index (κ2) is 22.3. The molecule has 4 rings (SSSR count). The van der Waals surface area contributed by atoms with Gasteiger partial charge in [-0.1, -0.05) is 0 Å². The molecule has 4 saturated heterocycles. The molecule has 4 fully saturated rings. The zero-order valence-corrected chi connectivity index (χ0v) is 16.6. The van der Waals surface area contributed by atoms with Crippen molar-refractivity contribution in [1.82, 2.24) is 0 Å². The molecule has 4 aliphatic rings. The Bertz CT molecular complexity index is 211. The third-order valence-corrected chi connectivity index (χ3v) is 3.81. The maximum absolute atomic E-state index is 8.81. The first-order valence-corrected chi connectivity index (χ1v) is 10.1. The summed E-state index contributed by atoms with van der Waals surface area (Å²) in [7, 11) is 0.889. The largest absolute Gasteiger partial charge is 0.381 e. The van der Waals surface area contributed by atoms with Crippen molar-refractivity contribution in [1.29, 1.82) is 0 Å². The van der Waals surface area contributed by atoms with Crippen molar-refractivity contribution in [2.45, 2.75) is 64.2 Å². The Morgan fingerprint density at radius 3 is 0.731 bits per heavy atom. The van der Waals surface area contributed by atoms with E-state index < -0.39 is 4.92 Å². The Labute approximate surface area is 158 Å². The lowest BCUT2D eigenvalue weighted by Gasteiger charge is -2.08. The summed E-state index contributed by atoms with van der Waals surface area (Å²) in [6.45, 7) is 8.00. The molecule has 7 heteroatoms. The van der Waals surface area contributed by atoms with Crippen molar-refractivity contribution in [3.8, 4) is 0 Å². The summed E-state index contributed by atoms with van der Waals surface area (Å²) in [4.78, 5) is 8.31. The molecule has 156 valence electrons. The average Bonchev–Trinajstić information content (AvgIpc) is 3.43. The molecule has 0 N–H and O–H groups in total. The zero-order valence-electron chi connectivity index (χ0n) is 16.6. The molecule has 7 nitrogen and oxygen atoms in total. The van der Waals surface area contributed by atoms with Crippen LogP contribution in [0.5, 0.6) is 0 Å². The van der Waals surface area contributed by atoms with E-state index in [2.05, 4.69) is 0 Å².